The Kier molecular flexibility index (Phi) is 3.42. The van der Waals surface area contributed by atoms with Gasteiger partial charge in [-0.25, -0.2) is 0 Å². The van der Waals surface area contributed by atoms with Crippen LogP contribution in [0.15, 0.2) is 30.6 Å². The molecular formula is C11H14N6O. The van der Waals surface area contributed by atoms with Crippen LogP contribution in [0.4, 0.5) is 11.4 Å². The summed E-state index contributed by atoms with van der Waals surface area (Å²) in [6.07, 6.45) is 3.31. The normalized spacial score (nSPS) is 10.2. The lowest BCUT2D eigenvalue weighted by Crippen LogP contribution is -2.27. The molecule has 1 aromatic heterocycles. The van der Waals surface area contributed by atoms with Crippen molar-refractivity contribution in [1.29, 1.82) is 0 Å². The van der Waals surface area contributed by atoms with E-state index in [1.807, 2.05) is 0 Å². The van der Waals surface area contributed by atoms with Crippen molar-refractivity contribution in [2.75, 3.05) is 18.0 Å². The van der Waals surface area contributed by atoms with Crippen LogP contribution in [0.2, 0.25) is 0 Å². The zero-order valence-corrected chi connectivity index (χ0v) is 9.71. The van der Waals surface area contributed by atoms with Crippen LogP contribution in [0.25, 0.3) is 0 Å². The summed E-state index contributed by atoms with van der Waals surface area (Å²) in [7, 11) is 0. The number of carbonyl (C=O) groups is 1. The van der Waals surface area contributed by atoms with Gasteiger partial charge in [-0.1, -0.05) is 5.21 Å². The average molecular weight is 246 g/mol. The molecule has 0 bridgehead atoms. The highest BCUT2D eigenvalue weighted by Gasteiger charge is 2.06. The molecule has 0 aliphatic heterocycles. The van der Waals surface area contributed by atoms with E-state index in [4.69, 9.17) is 11.5 Å². The molecule has 0 aliphatic carbocycles. The van der Waals surface area contributed by atoms with Crippen LogP contribution in [0, 0.1) is 0 Å². The third-order valence-electron chi connectivity index (χ3n) is 2.34. The molecule has 7 nitrogen and oxygen atoms in total. The van der Waals surface area contributed by atoms with Crippen molar-refractivity contribution < 1.29 is 4.79 Å². The van der Waals surface area contributed by atoms with E-state index < -0.39 is 0 Å². The van der Waals surface area contributed by atoms with E-state index in [0.717, 1.165) is 0 Å². The zero-order valence-electron chi connectivity index (χ0n) is 9.71. The van der Waals surface area contributed by atoms with Gasteiger partial charge < -0.3 is 16.8 Å². The number of rotatable bonds is 4. The molecule has 1 heterocycles. The lowest BCUT2D eigenvalue weighted by atomic mass is 10.1. The maximum absolute atomic E-state index is 11.8. The largest absolute Gasteiger partial charge is 0.399 e. The number of anilines is 2. The minimum Gasteiger partial charge on any atom is -0.399 e. The standard InChI is InChI=1S/C11H14N6O/c12-9-5-8(6-10(13)7-9)11(18)14-1-3-17-4-2-15-16-17/h2,4-7H,1,3,12-13H2,(H,14,18). The molecular weight excluding hydrogens is 232 g/mol. The number of nitrogens with zero attached hydrogens (tertiary/aromatic N) is 3. The number of carbonyl (C=O) groups excluding carboxylic acids is 1. The minimum absolute atomic E-state index is 0.214. The van der Waals surface area contributed by atoms with Crippen molar-refractivity contribution in [1.82, 2.24) is 20.3 Å². The molecule has 1 aromatic carbocycles. The van der Waals surface area contributed by atoms with Gasteiger partial charge in [-0.3, -0.25) is 9.48 Å². The summed E-state index contributed by atoms with van der Waals surface area (Å²) in [5.41, 5.74) is 12.6. The smallest absolute Gasteiger partial charge is 0.251 e. The fraction of sp³-hybridized carbons (Fsp3) is 0.182. The molecule has 0 spiro atoms. The molecule has 0 fully saturated rings. The predicted molar refractivity (Wildman–Crippen MR) is 67.6 cm³/mol. The van der Waals surface area contributed by atoms with Crippen molar-refractivity contribution in [3.63, 3.8) is 0 Å². The minimum atomic E-state index is -0.214. The highest BCUT2D eigenvalue weighted by atomic mass is 16.1. The Hall–Kier alpha value is -2.57. The van der Waals surface area contributed by atoms with Gasteiger partial charge in [0.2, 0.25) is 0 Å². The summed E-state index contributed by atoms with van der Waals surface area (Å²) in [5.74, 6) is -0.214. The Morgan fingerprint density at radius 3 is 2.61 bits per heavy atom. The third kappa shape index (κ3) is 2.97. The Morgan fingerprint density at radius 2 is 2.00 bits per heavy atom. The first kappa shape index (κ1) is 11.9. The van der Waals surface area contributed by atoms with Crippen LogP contribution >= 0.6 is 0 Å². The molecule has 2 rings (SSSR count). The number of nitrogens with one attached hydrogen (secondary N) is 1. The zero-order chi connectivity index (χ0) is 13.0. The van der Waals surface area contributed by atoms with Crippen LogP contribution < -0.4 is 16.8 Å². The van der Waals surface area contributed by atoms with Crippen molar-refractivity contribution >= 4 is 17.3 Å². The van der Waals surface area contributed by atoms with E-state index in [2.05, 4.69) is 15.6 Å². The number of amides is 1. The summed E-state index contributed by atoms with van der Waals surface area (Å²) < 4.78 is 1.63. The molecule has 2 aromatic rings. The van der Waals surface area contributed by atoms with Crippen molar-refractivity contribution in [2.24, 2.45) is 0 Å². The van der Waals surface area contributed by atoms with Gasteiger partial charge in [0.25, 0.3) is 5.91 Å². The van der Waals surface area contributed by atoms with Gasteiger partial charge in [-0.05, 0) is 18.2 Å². The summed E-state index contributed by atoms with van der Waals surface area (Å²) in [5, 5.41) is 10.2. The number of nitrogens with two attached hydrogens (primary N) is 2. The van der Waals surface area contributed by atoms with Crippen LogP contribution in [-0.2, 0) is 6.54 Å². The van der Waals surface area contributed by atoms with Gasteiger partial charge in [-0.2, -0.15) is 0 Å². The van der Waals surface area contributed by atoms with E-state index in [1.165, 1.54) is 0 Å². The number of hydrogen-bond donors (Lipinski definition) is 3. The second-order valence-corrected chi connectivity index (χ2v) is 3.81. The fourth-order valence-electron chi connectivity index (χ4n) is 1.55. The monoisotopic (exact) mass is 246 g/mol. The van der Waals surface area contributed by atoms with Gasteiger partial charge in [0.05, 0.1) is 12.7 Å². The summed E-state index contributed by atoms with van der Waals surface area (Å²) >= 11 is 0. The van der Waals surface area contributed by atoms with Gasteiger partial charge in [0, 0.05) is 29.7 Å². The Bertz CT molecular complexity index is 516. The first-order valence-electron chi connectivity index (χ1n) is 5.43. The molecule has 0 saturated carbocycles. The highest BCUT2D eigenvalue weighted by molar-refractivity contribution is 5.96. The Labute approximate surface area is 104 Å². The molecule has 0 atom stereocenters. The van der Waals surface area contributed by atoms with Crippen molar-refractivity contribution in [3.8, 4) is 0 Å². The van der Waals surface area contributed by atoms with Gasteiger partial charge in [0.1, 0.15) is 0 Å². The number of nitrogen functional groups attached to an aromatic ring is 2. The van der Waals surface area contributed by atoms with Crippen molar-refractivity contribution in [2.45, 2.75) is 6.54 Å². The molecule has 0 saturated heterocycles. The van der Waals surface area contributed by atoms with Gasteiger partial charge >= 0.3 is 0 Å². The number of benzene rings is 1. The molecule has 94 valence electrons. The second-order valence-electron chi connectivity index (χ2n) is 3.81. The molecule has 7 heteroatoms. The predicted octanol–water partition coefficient (Wildman–Crippen LogP) is -0.128. The number of hydrogen-bond acceptors (Lipinski definition) is 5. The Morgan fingerprint density at radius 1 is 1.28 bits per heavy atom. The summed E-state index contributed by atoms with van der Waals surface area (Å²) in [6.45, 7) is 1.01. The highest BCUT2D eigenvalue weighted by Crippen LogP contribution is 2.13. The topological polar surface area (TPSA) is 112 Å². The van der Waals surface area contributed by atoms with Gasteiger partial charge in [-0.15, -0.1) is 5.10 Å². The van der Waals surface area contributed by atoms with Crippen molar-refractivity contribution in [3.05, 3.63) is 36.2 Å². The lowest BCUT2D eigenvalue weighted by Gasteiger charge is -2.06. The fourth-order valence-corrected chi connectivity index (χ4v) is 1.55. The first-order valence-corrected chi connectivity index (χ1v) is 5.43. The molecule has 1 amide bonds. The SMILES string of the molecule is Nc1cc(N)cc(C(=O)NCCn2ccnn2)c1. The molecule has 0 unspecified atom stereocenters. The molecule has 18 heavy (non-hydrogen) atoms. The molecule has 0 radical (unpaired) electrons. The molecule has 5 N–H and O–H groups in total. The van der Waals surface area contributed by atoms with E-state index in [-0.39, 0.29) is 5.91 Å². The maximum atomic E-state index is 11.8. The van der Waals surface area contributed by atoms with Crippen LogP contribution in [0.1, 0.15) is 10.4 Å². The van der Waals surface area contributed by atoms with Crippen LogP contribution in [-0.4, -0.2) is 27.4 Å². The van der Waals surface area contributed by atoms with E-state index >= 15 is 0 Å². The third-order valence-corrected chi connectivity index (χ3v) is 2.34. The average Bonchev–Trinajstić information content (AvgIpc) is 2.80. The molecule has 0 aliphatic rings. The summed E-state index contributed by atoms with van der Waals surface area (Å²) in [4.78, 5) is 11.8. The van der Waals surface area contributed by atoms with E-state index in [0.29, 0.717) is 30.0 Å². The lowest BCUT2D eigenvalue weighted by molar-refractivity contribution is 0.0952. The Balaban J connectivity index is 1.91. The number of aromatic nitrogens is 3. The second kappa shape index (κ2) is 5.17. The summed E-state index contributed by atoms with van der Waals surface area (Å²) in [6, 6.07) is 4.77. The van der Waals surface area contributed by atoms with Gasteiger partial charge in [0.15, 0.2) is 0 Å². The maximum Gasteiger partial charge on any atom is 0.251 e. The van der Waals surface area contributed by atoms with Crippen LogP contribution in [0.5, 0.6) is 0 Å². The van der Waals surface area contributed by atoms with Crippen LogP contribution in [0.3, 0.4) is 0 Å². The van der Waals surface area contributed by atoms with E-state index in [9.17, 15) is 4.79 Å². The first-order chi connectivity index (χ1) is 8.65. The quantitative estimate of drug-likeness (QED) is 0.651. The van der Waals surface area contributed by atoms with E-state index in [1.54, 1.807) is 35.3 Å².